The molecule has 1 heterocycles. The van der Waals surface area contributed by atoms with E-state index in [0.29, 0.717) is 6.61 Å². The SMILES string of the molecule is COc1cc(C[NH2+]CC[NH+]2CCOCC2)ccc1OCc1ccc(C)cc1. The maximum atomic E-state index is 5.96. The molecule has 0 bridgehead atoms. The van der Waals surface area contributed by atoms with Gasteiger partial charge in [0.2, 0.25) is 0 Å². The molecule has 0 saturated carbocycles. The fourth-order valence-corrected chi connectivity index (χ4v) is 3.29. The molecular formula is C22H32N2O3+2. The number of morpholine rings is 1. The third-order valence-electron chi connectivity index (χ3n) is 5.02. The van der Waals surface area contributed by atoms with Gasteiger partial charge in [0.25, 0.3) is 0 Å². The molecule has 1 fully saturated rings. The van der Waals surface area contributed by atoms with Crippen LogP contribution in [0, 0.1) is 6.92 Å². The number of hydrogen-bond acceptors (Lipinski definition) is 3. The molecule has 3 rings (SSSR count). The maximum absolute atomic E-state index is 5.96. The first-order chi connectivity index (χ1) is 13.2. The number of aryl methyl sites for hydroxylation is 1. The molecule has 5 nitrogen and oxygen atoms in total. The van der Waals surface area contributed by atoms with Crippen LogP contribution in [0.2, 0.25) is 0 Å². The van der Waals surface area contributed by atoms with Crippen molar-refractivity contribution in [2.75, 3.05) is 46.5 Å². The standard InChI is InChI=1S/C22H30N2O3/c1-18-3-5-19(6-4-18)17-27-21-8-7-20(15-22(21)25-2)16-23-9-10-24-11-13-26-14-12-24/h3-8,15,23H,9-14,16-17H2,1-2H3/p+2. The Hall–Kier alpha value is -2.08. The van der Waals surface area contributed by atoms with Crippen LogP contribution in [0.1, 0.15) is 16.7 Å². The quantitative estimate of drug-likeness (QED) is 0.633. The van der Waals surface area contributed by atoms with Crippen LogP contribution >= 0.6 is 0 Å². The fraction of sp³-hybridized carbons (Fsp3) is 0.455. The van der Waals surface area contributed by atoms with Crippen molar-refractivity contribution < 1.29 is 24.4 Å². The molecule has 1 aliphatic rings. The van der Waals surface area contributed by atoms with Crippen molar-refractivity contribution in [3.05, 3.63) is 59.2 Å². The number of rotatable bonds is 9. The number of benzene rings is 2. The Balaban J connectivity index is 1.47. The van der Waals surface area contributed by atoms with Gasteiger partial charge in [-0.2, -0.15) is 0 Å². The van der Waals surface area contributed by atoms with Gasteiger partial charge in [-0.3, -0.25) is 0 Å². The van der Waals surface area contributed by atoms with E-state index in [-0.39, 0.29) is 0 Å². The van der Waals surface area contributed by atoms with Crippen molar-refractivity contribution in [1.29, 1.82) is 0 Å². The van der Waals surface area contributed by atoms with Crippen molar-refractivity contribution in [3.8, 4) is 11.5 Å². The van der Waals surface area contributed by atoms with Crippen molar-refractivity contribution in [3.63, 3.8) is 0 Å². The van der Waals surface area contributed by atoms with E-state index in [4.69, 9.17) is 14.2 Å². The Morgan fingerprint density at radius 1 is 1.00 bits per heavy atom. The van der Waals surface area contributed by atoms with Crippen molar-refractivity contribution >= 4 is 0 Å². The van der Waals surface area contributed by atoms with Crippen LogP contribution in [0.3, 0.4) is 0 Å². The summed E-state index contributed by atoms with van der Waals surface area (Å²) in [5.74, 6) is 1.59. The molecule has 5 heteroatoms. The summed E-state index contributed by atoms with van der Waals surface area (Å²) < 4.78 is 16.9. The largest absolute Gasteiger partial charge is 0.493 e. The van der Waals surface area contributed by atoms with Crippen LogP contribution in [0.5, 0.6) is 11.5 Å². The van der Waals surface area contributed by atoms with Crippen LogP contribution in [-0.4, -0.2) is 46.5 Å². The van der Waals surface area contributed by atoms with E-state index in [1.54, 1.807) is 12.0 Å². The Morgan fingerprint density at radius 3 is 2.48 bits per heavy atom. The second-order valence-electron chi connectivity index (χ2n) is 7.15. The predicted molar refractivity (Wildman–Crippen MR) is 105 cm³/mol. The first-order valence-corrected chi connectivity index (χ1v) is 9.83. The van der Waals surface area contributed by atoms with Gasteiger partial charge in [-0.25, -0.2) is 0 Å². The molecule has 0 atom stereocenters. The molecule has 0 radical (unpaired) electrons. The number of quaternary nitrogens is 2. The van der Waals surface area contributed by atoms with Gasteiger partial charge in [-0.05, 0) is 30.7 Å². The second-order valence-corrected chi connectivity index (χ2v) is 7.15. The topological polar surface area (TPSA) is 48.7 Å². The molecule has 146 valence electrons. The summed E-state index contributed by atoms with van der Waals surface area (Å²) in [6, 6.07) is 14.6. The third kappa shape index (κ3) is 6.24. The lowest BCUT2D eigenvalue weighted by atomic mass is 10.1. The number of hydrogen-bond donors (Lipinski definition) is 2. The lowest BCUT2D eigenvalue weighted by Crippen LogP contribution is -3.16. The zero-order valence-corrected chi connectivity index (χ0v) is 16.5. The molecule has 0 unspecified atom stereocenters. The summed E-state index contributed by atoms with van der Waals surface area (Å²) >= 11 is 0. The van der Waals surface area contributed by atoms with E-state index in [1.165, 1.54) is 17.7 Å². The maximum Gasteiger partial charge on any atom is 0.161 e. The Morgan fingerprint density at radius 2 is 1.74 bits per heavy atom. The summed E-state index contributed by atoms with van der Waals surface area (Å²) in [5, 5.41) is 2.37. The molecule has 1 saturated heterocycles. The average molecular weight is 373 g/mol. The predicted octanol–water partition coefficient (Wildman–Crippen LogP) is 0.561. The highest BCUT2D eigenvalue weighted by molar-refractivity contribution is 5.42. The molecule has 3 N–H and O–H groups in total. The average Bonchev–Trinajstić information content (AvgIpc) is 2.72. The van der Waals surface area contributed by atoms with Gasteiger partial charge in [0.05, 0.1) is 20.3 Å². The molecule has 0 aromatic heterocycles. The van der Waals surface area contributed by atoms with Gasteiger partial charge in [0.1, 0.15) is 39.3 Å². The van der Waals surface area contributed by atoms with E-state index in [2.05, 4.69) is 48.6 Å². The number of ether oxygens (including phenoxy) is 3. The molecule has 2 aromatic carbocycles. The van der Waals surface area contributed by atoms with Crippen LogP contribution in [0.4, 0.5) is 0 Å². The first-order valence-electron chi connectivity index (χ1n) is 9.83. The van der Waals surface area contributed by atoms with E-state index in [0.717, 1.165) is 56.5 Å². The van der Waals surface area contributed by atoms with Gasteiger partial charge in [0.15, 0.2) is 11.5 Å². The summed E-state index contributed by atoms with van der Waals surface area (Å²) in [6.45, 7) is 9.98. The van der Waals surface area contributed by atoms with Crippen LogP contribution in [0.15, 0.2) is 42.5 Å². The molecule has 0 amide bonds. The number of methoxy groups -OCH3 is 1. The third-order valence-corrected chi connectivity index (χ3v) is 5.02. The Labute approximate surface area is 162 Å². The first kappa shape index (κ1) is 19.7. The van der Waals surface area contributed by atoms with Crippen LogP contribution < -0.4 is 19.7 Å². The molecule has 0 aliphatic carbocycles. The summed E-state index contributed by atoms with van der Waals surface area (Å²) in [4.78, 5) is 1.65. The van der Waals surface area contributed by atoms with E-state index in [9.17, 15) is 0 Å². The highest BCUT2D eigenvalue weighted by atomic mass is 16.5. The lowest BCUT2D eigenvalue weighted by Gasteiger charge is -2.22. The lowest BCUT2D eigenvalue weighted by molar-refractivity contribution is -0.920. The van der Waals surface area contributed by atoms with Gasteiger partial charge < -0.3 is 24.4 Å². The van der Waals surface area contributed by atoms with Crippen molar-refractivity contribution in [1.82, 2.24) is 0 Å². The van der Waals surface area contributed by atoms with Crippen molar-refractivity contribution in [2.24, 2.45) is 0 Å². The second kappa shape index (κ2) is 10.3. The highest BCUT2D eigenvalue weighted by Gasteiger charge is 2.14. The minimum Gasteiger partial charge on any atom is -0.493 e. The smallest absolute Gasteiger partial charge is 0.161 e. The normalized spacial score (nSPS) is 14.9. The molecular weight excluding hydrogens is 340 g/mol. The van der Waals surface area contributed by atoms with E-state index in [1.807, 2.05) is 6.07 Å². The summed E-state index contributed by atoms with van der Waals surface area (Å²) in [5.41, 5.74) is 3.67. The Bertz CT molecular complexity index is 697. The monoisotopic (exact) mass is 372 g/mol. The molecule has 2 aromatic rings. The zero-order valence-electron chi connectivity index (χ0n) is 16.5. The van der Waals surface area contributed by atoms with Crippen LogP contribution in [-0.2, 0) is 17.9 Å². The van der Waals surface area contributed by atoms with Crippen LogP contribution in [0.25, 0.3) is 0 Å². The zero-order chi connectivity index (χ0) is 18.9. The minimum absolute atomic E-state index is 0.546. The van der Waals surface area contributed by atoms with Gasteiger partial charge in [-0.15, -0.1) is 0 Å². The van der Waals surface area contributed by atoms with Gasteiger partial charge >= 0.3 is 0 Å². The van der Waals surface area contributed by atoms with Crippen molar-refractivity contribution in [2.45, 2.75) is 20.1 Å². The molecule has 27 heavy (non-hydrogen) atoms. The molecule has 0 spiro atoms. The minimum atomic E-state index is 0.546. The Kier molecular flexibility index (Phi) is 7.51. The van der Waals surface area contributed by atoms with Gasteiger partial charge in [0, 0.05) is 5.56 Å². The number of nitrogens with one attached hydrogen (secondary N) is 1. The van der Waals surface area contributed by atoms with Gasteiger partial charge in [-0.1, -0.05) is 29.8 Å². The fourth-order valence-electron chi connectivity index (χ4n) is 3.29. The summed E-state index contributed by atoms with van der Waals surface area (Å²) in [7, 11) is 1.70. The number of nitrogens with two attached hydrogens (primary N) is 1. The van der Waals surface area contributed by atoms with E-state index >= 15 is 0 Å². The summed E-state index contributed by atoms with van der Waals surface area (Å²) in [6.07, 6.45) is 0. The highest BCUT2D eigenvalue weighted by Crippen LogP contribution is 2.28. The van der Waals surface area contributed by atoms with E-state index < -0.39 is 0 Å². The molecule has 1 aliphatic heterocycles.